The van der Waals surface area contributed by atoms with Crippen LogP contribution in [0.5, 0.6) is 11.5 Å². The maximum absolute atomic E-state index is 12.5. The van der Waals surface area contributed by atoms with Crippen molar-refractivity contribution in [1.29, 1.82) is 0 Å². The van der Waals surface area contributed by atoms with E-state index in [9.17, 15) is 4.79 Å². The first-order chi connectivity index (χ1) is 15.6. The van der Waals surface area contributed by atoms with Gasteiger partial charge in [-0.3, -0.25) is 10.1 Å². The van der Waals surface area contributed by atoms with Crippen molar-refractivity contribution < 1.29 is 14.3 Å². The number of aromatic nitrogens is 1. The lowest BCUT2D eigenvalue weighted by molar-refractivity contribution is 0.0976. The first-order valence-electron chi connectivity index (χ1n) is 9.83. The van der Waals surface area contributed by atoms with Gasteiger partial charge >= 0.3 is 0 Å². The average molecular weight is 464 g/mol. The van der Waals surface area contributed by atoms with Gasteiger partial charge in [0, 0.05) is 17.7 Å². The van der Waals surface area contributed by atoms with Crippen LogP contribution < -0.4 is 20.1 Å². The molecule has 1 aromatic heterocycles. The minimum absolute atomic E-state index is 0.250. The average Bonchev–Trinajstić information content (AvgIpc) is 3.27. The Balaban J connectivity index is 1.34. The molecule has 1 heterocycles. The highest BCUT2D eigenvalue weighted by atomic mass is 32.1. The molecule has 2 N–H and O–H groups in total. The van der Waals surface area contributed by atoms with Gasteiger partial charge < -0.3 is 14.8 Å². The fourth-order valence-corrected chi connectivity index (χ4v) is 4.28. The molecule has 4 rings (SSSR count). The summed E-state index contributed by atoms with van der Waals surface area (Å²) in [5.41, 5.74) is 3.54. The van der Waals surface area contributed by atoms with E-state index in [1.165, 1.54) is 11.8 Å². The number of thiazole rings is 1. The molecular weight excluding hydrogens is 442 g/mol. The lowest BCUT2D eigenvalue weighted by atomic mass is 10.1. The van der Waals surface area contributed by atoms with Crippen LogP contribution in [0.2, 0.25) is 0 Å². The van der Waals surface area contributed by atoms with Gasteiger partial charge in [-0.25, -0.2) is 4.98 Å². The number of amides is 1. The summed E-state index contributed by atoms with van der Waals surface area (Å²) >= 11 is 6.94. The Morgan fingerprint density at radius 1 is 1.00 bits per heavy atom. The summed E-state index contributed by atoms with van der Waals surface area (Å²) in [4.78, 5) is 17.2. The number of carbonyl (C=O) groups excluding carboxylic acids is 1. The molecule has 3 aromatic carbocycles. The largest absolute Gasteiger partial charge is 0.493 e. The lowest BCUT2D eigenvalue weighted by Gasteiger charge is -2.12. The Morgan fingerprint density at radius 2 is 1.75 bits per heavy atom. The number of hydrogen-bond donors (Lipinski definition) is 2. The molecule has 0 atom stereocenters. The smallest absolute Gasteiger partial charge is 0.257 e. The van der Waals surface area contributed by atoms with E-state index >= 15 is 0 Å². The van der Waals surface area contributed by atoms with Crippen LogP contribution in [0, 0.1) is 0 Å². The number of ether oxygens (including phenoxy) is 2. The summed E-state index contributed by atoms with van der Waals surface area (Å²) in [6.45, 7) is 0.491. The third-order valence-electron chi connectivity index (χ3n) is 4.82. The number of nitrogens with one attached hydrogen (secondary N) is 2. The van der Waals surface area contributed by atoms with Gasteiger partial charge in [0.25, 0.3) is 5.91 Å². The molecule has 0 saturated heterocycles. The molecule has 0 unspecified atom stereocenters. The molecule has 0 spiro atoms. The number of carbonyl (C=O) groups is 1. The van der Waals surface area contributed by atoms with Crippen LogP contribution in [-0.2, 0) is 6.54 Å². The van der Waals surface area contributed by atoms with E-state index < -0.39 is 0 Å². The van der Waals surface area contributed by atoms with Crippen molar-refractivity contribution in [2.24, 2.45) is 0 Å². The summed E-state index contributed by atoms with van der Waals surface area (Å²) < 4.78 is 11.6. The standard InChI is InChI=1S/C24H21N3O3S2/c1-29-19-12-11-17(13-20(19)30-2)22(28)27-24(31)25-14-15-7-9-16(10-8-15)23-26-18-5-3-4-6-21(18)32-23/h3-13H,14H2,1-2H3,(H2,25,27,28,31). The van der Waals surface area contributed by atoms with E-state index in [-0.39, 0.29) is 11.0 Å². The fourth-order valence-electron chi connectivity index (χ4n) is 3.14. The van der Waals surface area contributed by atoms with Crippen molar-refractivity contribution in [3.8, 4) is 22.1 Å². The first kappa shape index (κ1) is 21.7. The van der Waals surface area contributed by atoms with Crippen molar-refractivity contribution >= 4 is 44.8 Å². The second-order valence-corrected chi connectivity index (χ2v) is 8.33. The topological polar surface area (TPSA) is 72.5 Å². The number of hydrogen-bond acceptors (Lipinski definition) is 6. The molecule has 0 fully saturated rings. The van der Waals surface area contributed by atoms with E-state index in [1.807, 2.05) is 42.5 Å². The van der Waals surface area contributed by atoms with E-state index in [4.69, 9.17) is 21.7 Å². The number of thiocarbonyl (C=S) groups is 1. The maximum atomic E-state index is 12.5. The van der Waals surface area contributed by atoms with E-state index in [1.54, 1.807) is 36.6 Å². The Morgan fingerprint density at radius 3 is 2.47 bits per heavy atom. The zero-order chi connectivity index (χ0) is 22.5. The first-order valence-corrected chi connectivity index (χ1v) is 11.1. The number of nitrogens with zero attached hydrogens (tertiary/aromatic N) is 1. The van der Waals surface area contributed by atoms with Crippen LogP contribution in [0.15, 0.2) is 66.7 Å². The normalized spacial score (nSPS) is 10.6. The minimum atomic E-state index is -0.324. The zero-order valence-corrected chi connectivity index (χ0v) is 19.2. The van der Waals surface area contributed by atoms with Crippen LogP contribution >= 0.6 is 23.6 Å². The third-order valence-corrected chi connectivity index (χ3v) is 6.15. The predicted molar refractivity (Wildman–Crippen MR) is 132 cm³/mol. The van der Waals surface area contributed by atoms with Gasteiger partial charge in [0.1, 0.15) is 5.01 Å². The Bertz CT molecular complexity index is 1240. The summed E-state index contributed by atoms with van der Waals surface area (Å²) in [6.07, 6.45) is 0. The number of rotatable bonds is 6. The zero-order valence-electron chi connectivity index (χ0n) is 17.5. The van der Waals surface area contributed by atoms with E-state index in [0.717, 1.165) is 21.7 Å². The van der Waals surface area contributed by atoms with Crippen molar-refractivity contribution in [3.05, 3.63) is 77.9 Å². The predicted octanol–water partition coefficient (Wildman–Crippen LogP) is 4.79. The van der Waals surface area contributed by atoms with Gasteiger partial charge in [-0.2, -0.15) is 0 Å². The molecule has 8 heteroatoms. The van der Waals surface area contributed by atoms with Gasteiger partial charge in [-0.05, 0) is 48.1 Å². The highest BCUT2D eigenvalue weighted by molar-refractivity contribution is 7.80. The highest BCUT2D eigenvalue weighted by Crippen LogP contribution is 2.30. The quantitative estimate of drug-likeness (QED) is 0.401. The van der Waals surface area contributed by atoms with Gasteiger partial charge in [0.2, 0.25) is 0 Å². The number of para-hydroxylation sites is 1. The summed E-state index contributed by atoms with van der Waals surface area (Å²) in [5, 5.41) is 6.99. The van der Waals surface area contributed by atoms with E-state index in [0.29, 0.717) is 23.6 Å². The summed E-state index contributed by atoms with van der Waals surface area (Å²) in [5.74, 6) is 0.709. The third kappa shape index (κ3) is 4.87. The molecule has 0 saturated carbocycles. The van der Waals surface area contributed by atoms with Gasteiger partial charge in [0.15, 0.2) is 16.6 Å². The summed E-state index contributed by atoms with van der Waals surface area (Å²) in [6, 6.07) is 21.2. The Labute approximate surface area is 195 Å². The fraction of sp³-hybridized carbons (Fsp3) is 0.125. The van der Waals surface area contributed by atoms with Crippen LogP contribution in [0.1, 0.15) is 15.9 Å². The number of fused-ring (bicyclic) bond motifs is 1. The van der Waals surface area contributed by atoms with Crippen molar-refractivity contribution in [1.82, 2.24) is 15.6 Å². The SMILES string of the molecule is COc1ccc(C(=O)NC(=S)NCc2ccc(-c3nc4ccccc4s3)cc2)cc1OC. The Kier molecular flexibility index (Phi) is 6.63. The maximum Gasteiger partial charge on any atom is 0.257 e. The molecule has 0 bridgehead atoms. The van der Waals surface area contributed by atoms with Crippen LogP contribution in [0.25, 0.3) is 20.8 Å². The monoisotopic (exact) mass is 463 g/mol. The van der Waals surface area contributed by atoms with Gasteiger partial charge in [0.05, 0.1) is 24.4 Å². The van der Waals surface area contributed by atoms with Crippen LogP contribution in [-0.4, -0.2) is 30.2 Å². The van der Waals surface area contributed by atoms with Crippen molar-refractivity contribution in [2.45, 2.75) is 6.54 Å². The molecule has 0 aliphatic rings. The molecule has 162 valence electrons. The molecule has 0 radical (unpaired) electrons. The van der Waals surface area contributed by atoms with Gasteiger partial charge in [-0.1, -0.05) is 36.4 Å². The number of methoxy groups -OCH3 is 2. The van der Waals surface area contributed by atoms with Crippen molar-refractivity contribution in [2.75, 3.05) is 14.2 Å². The molecule has 4 aromatic rings. The molecule has 1 amide bonds. The Hall–Kier alpha value is -3.49. The molecular formula is C24H21N3O3S2. The minimum Gasteiger partial charge on any atom is -0.493 e. The molecule has 0 aliphatic carbocycles. The lowest BCUT2D eigenvalue weighted by Crippen LogP contribution is -2.38. The molecule has 0 aliphatic heterocycles. The van der Waals surface area contributed by atoms with E-state index in [2.05, 4.69) is 21.7 Å². The second kappa shape index (κ2) is 9.76. The van der Waals surface area contributed by atoms with Gasteiger partial charge in [-0.15, -0.1) is 11.3 Å². The second-order valence-electron chi connectivity index (χ2n) is 6.89. The molecule has 6 nitrogen and oxygen atoms in total. The van der Waals surface area contributed by atoms with Crippen LogP contribution in [0.3, 0.4) is 0 Å². The number of benzene rings is 3. The summed E-state index contributed by atoms with van der Waals surface area (Å²) in [7, 11) is 3.07. The van der Waals surface area contributed by atoms with Crippen LogP contribution in [0.4, 0.5) is 0 Å². The highest BCUT2D eigenvalue weighted by Gasteiger charge is 2.12. The molecule has 32 heavy (non-hydrogen) atoms. The van der Waals surface area contributed by atoms with Crippen molar-refractivity contribution in [3.63, 3.8) is 0 Å².